The van der Waals surface area contributed by atoms with Crippen LogP contribution in [0.3, 0.4) is 0 Å². The molecule has 13 heteroatoms. The third-order valence-electron chi connectivity index (χ3n) is 23.9. The summed E-state index contributed by atoms with van der Waals surface area (Å²) in [4.78, 5) is 61.3. The number of carboxylic acid groups (broad SMARTS) is 6. The molecule has 121 heavy (non-hydrogen) atoms. The number of carbonyl (C=O) groups is 6. The van der Waals surface area contributed by atoms with Gasteiger partial charge in [0.05, 0.1) is 0 Å². The zero-order chi connectivity index (χ0) is 89.3. The van der Waals surface area contributed by atoms with Gasteiger partial charge >= 0.3 is 0 Å². The number of carboxylic acids is 6. The van der Waals surface area contributed by atoms with Crippen LogP contribution in [-0.4, -0.2) is 35.8 Å². The van der Waals surface area contributed by atoms with Crippen LogP contribution in [0.15, 0.2) is 0 Å². The quantitative estimate of drug-likeness (QED) is 0.0408. The van der Waals surface area contributed by atoms with E-state index >= 15 is 0 Å². The SMILES string of the molecule is CCCCCCCCCCCCCCCCCC(=O)[O-].CCCCCCCCCCCCCCCCCC(=O)[O-].CCCCCCCCCCCCCCCCCC(=O)[O-].CCCCCCCCCCCCCCCCCC(=O)[O-].CCCCCCCCCCCCCCCCCC(=O)[O-].CCCCCCCCCCCCCCCCCC(=O)[O-].[Mo]. The zero-order valence-corrected chi connectivity index (χ0v) is 84.2. The van der Waals surface area contributed by atoms with Crippen molar-refractivity contribution in [3.8, 4) is 0 Å². The van der Waals surface area contributed by atoms with Crippen LogP contribution in [0.1, 0.15) is 658 Å². The zero-order valence-electron chi connectivity index (χ0n) is 82.2. The van der Waals surface area contributed by atoms with Crippen molar-refractivity contribution in [2.45, 2.75) is 658 Å². The second-order valence-corrected chi connectivity index (χ2v) is 36.4. The van der Waals surface area contributed by atoms with Gasteiger partial charge in [0.15, 0.2) is 0 Å². The number of hydrogen-bond acceptors (Lipinski definition) is 12. The topological polar surface area (TPSA) is 241 Å². The van der Waals surface area contributed by atoms with Crippen LogP contribution in [0.25, 0.3) is 0 Å². The maximum Gasteiger partial charge on any atom is 0.0414 e. The first-order valence-electron chi connectivity index (χ1n) is 53.8. The number of carbonyl (C=O) groups excluding carboxylic acids is 6. The predicted molar refractivity (Wildman–Crippen MR) is 507 cm³/mol. The Kier molecular flexibility index (Phi) is 140. The molecule has 0 bridgehead atoms. The van der Waals surface area contributed by atoms with Crippen LogP contribution in [0.2, 0.25) is 0 Å². The van der Waals surface area contributed by atoms with E-state index in [0.717, 1.165) is 77.0 Å². The van der Waals surface area contributed by atoms with Gasteiger partial charge in [0.2, 0.25) is 0 Å². The van der Waals surface area contributed by atoms with Crippen molar-refractivity contribution in [2.75, 3.05) is 0 Å². The van der Waals surface area contributed by atoms with E-state index in [1.54, 1.807) is 0 Å². The van der Waals surface area contributed by atoms with Gasteiger partial charge in [0.25, 0.3) is 0 Å². The summed E-state index contributed by atoms with van der Waals surface area (Å²) in [5.74, 6) is -5.42. The first kappa shape index (κ1) is 132. The predicted octanol–water partition coefficient (Wildman–Crippen LogP) is 30.0. The van der Waals surface area contributed by atoms with E-state index in [0.29, 0.717) is 0 Å². The summed E-state index contributed by atoms with van der Waals surface area (Å²) < 4.78 is 0. The monoisotopic (exact) mass is 1800 g/mol. The molecule has 0 aromatic carbocycles. The molecule has 0 aromatic heterocycles. The maximum atomic E-state index is 10.2. The van der Waals surface area contributed by atoms with E-state index in [9.17, 15) is 59.4 Å². The fourth-order valence-electron chi connectivity index (χ4n) is 15.8. The van der Waals surface area contributed by atoms with Crippen LogP contribution >= 0.6 is 0 Å². The number of unbranched alkanes of at least 4 members (excludes halogenated alkanes) is 84. The molecular formula is C108H210MoO12-6. The minimum atomic E-state index is -0.903. The fourth-order valence-corrected chi connectivity index (χ4v) is 15.8. The molecule has 0 heterocycles. The molecule has 0 saturated carbocycles. The molecule has 0 aliphatic carbocycles. The molecular weight excluding hydrogens is 1590 g/mol. The van der Waals surface area contributed by atoms with E-state index in [4.69, 9.17) is 0 Å². The van der Waals surface area contributed by atoms with Gasteiger partial charge in [0, 0.05) is 56.9 Å². The van der Waals surface area contributed by atoms with Crippen molar-refractivity contribution in [1.29, 1.82) is 0 Å². The molecule has 0 atom stereocenters. The maximum absolute atomic E-state index is 10.2. The van der Waals surface area contributed by atoms with E-state index in [1.165, 1.54) is 501 Å². The molecule has 0 aliphatic heterocycles. The third-order valence-corrected chi connectivity index (χ3v) is 23.9. The van der Waals surface area contributed by atoms with Gasteiger partial charge in [-0.1, -0.05) is 581 Å². The standard InChI is InChI=1S/6C18H36O2.Mo/c6*1-2-3-4-5-6-7-8-9-10-11-12-13-14-15-16-17-18(19)20;/h6*2-17H2,1H3,(H,19,20);/p-6. The van der Waals surface area contributed by atoms with Crippen molar-refractivity contribution in [2.24, 2.45) is 0 Å². The summed E-state index contributed by atoms with van der Waals surface area (Å²) in [6.45, 7) is 13.6. The minimum absolute atomic E-state index is 0. The molecule has 12 nitrogen and oxygen atoms in total. The Hall–Kier alpha value is -2.49. The van der Waals surface area contributed by atoms with Crippen LogP contribution in [-0.2, 0) is 49.8 Å². The molecule has 0 unspecified atom stereocenters. The van der Waals surface area contributed by atoms with E-state index in [1.807, 2.05) is 0 Å². The normalized spacial score (nSPS) is 10.8. The largest absolute Gasteiger partial charge is 0.550 e. The Morgan fingerprint density at radius 1 is 0.107 bits per heavy atom. The molecule has 0 spiro atoms. The summed E-state index contributed by atoms with van der Waals surface area (Å²) in [6.07, 6.45) is 119. The van der Waals surface area contributed by atoms with Crippen molar-refractivity contribution >= 4 is 35.8 Å². The number of rotatable bonds is 96. The van der Waals surface area contributed by atoms with Gasteiger partial charge in [-0.2, -0.15) is 0 Å². The van der Waals surface area contributed by atoms with Crippen molar-refractivity contribution in [3.63, 3.8) is 0 Å². The van der Waals surface area contributed by atoms with E-state index in [-0.39, 0.29) is 59.6 Å². The minimum Gasteiger partial charge on any atom is -0.550 e. The average Bonchev–Trinajstić information content (AvgIpc) is 1.37. The smallest absolute Gasteiger partial charge is 0.0414 e. The first-order chi connectivity index (χ1) is 58.6. The van der Waals surface area contributed by atoms with Crippen molar-refractivity contribution < 1.29 is 80.5 Å². The molecule has 0 amide bonds. The second-order valence-electron chi connectivity index (χ2n) is 36.4. The van der Waals surface area contributed by atoms with Gasteiger partial charge < -0.3 is 59.4 Å². The van der Waals surface area contributed by atoms with Gasteiger partial charge in [-0.05, 0) is 77.0 Å². The number of aliphatic carboxylic acids is 6. The first-order valence-corrected chi connectivity index (χ1v) is 53.8. The summed E-state index contributed by atoms with van der Waals surface area (Å²) in [5.41, 5.74) is 0. The Balaban J connectivity index is -0.000000257. The Morgan fingerprint density at radius 3 is 0.207 bits per heavy atom. The molecule has 0 N–H and O–H groups in total. The van der Waals surface area contributed by atoms with Crippen LogP contribution < -0.4 is 30.6 Å². The van der Waals surface area contributed by atoms with Gasteiger partial charge in [-0.15, -0.1) is 0 Å². The molecule has 0 radical (unpaired) electrons. The van der Waals surface area contributed by atoms with Gasteiger partial charge in [-0.25, -0.2) is 0 Å². The molecule has 0 aromatic rings. The Bertz CT molecular complexity index is 1560. The van der Waals surface area contributed by atoms with Gasteiger partial charge in [0.1, 0.15) is 0 Å². The third kappa shape index (κ3) is 158. The van der Waals surface area contributed by atoms with Crippen molar-refractivity contribution in [1.82, 2.24) is 0 Å². The molecule has 0 saturated heterocycles. The molecule has 0 fully saturated rings. The van der Waals surface area contributed by atoms with E-state index < -0.39 is 35.8 Å². The summed E-state index contributed by atoms with van der Waals surface area (Å²) in [6, 6.07) is 0. The van der Waals surface area contributed by atoms with Gasteiger partial charge in [-0.3, -0.25) is 0 Å². The summed E-state index contributed by atoms with van der Waals surface area (Å²) in [5, 5.41) is 61.3. The average molecular weight is 1800 g/mol. The second kappa shape index (κ2) is 128. The Morgan fingerprint density at radius 2 is 0.157 bits per heavy atom. The van der Waals surface area contributed by atoms with E-state index in [2.05, 4.69) is 41.5 Å². The summed E-state index contributed by atoms with van der Waals surface area (Å²) >= 11 is 0. The molecule has 0 rings (SSSR count). The molecule has 0 aliphatic rings. The van der Waals surface area contributed by atoms with Crippen molar-refractivity contribution in [3.05, 3.63) is 0 Å². The number of hydrogen-bond donors (Lipinski definition) is 0. The fraction of sp³-hybridized carbons (Fsp3) is 0.944. The van der Waals surface area contributed by atoms with Crippen LogP contribution in [0.4, 0.5) is 0 Å². The molecule has 726 valence electrons. The van der Waals surface area contributed by atoms with Crippen LogP contribution in [0.5, 0.6) is 0 Å². The Labute approximate surface area is 769 Å². The van der Waals surface area contributed by atoms with Crippen LogP contribution in [0, 0.1) is 0 Å². The summed E-state index contributed by atoms with van der Waals surface area (Å²) in [7, 11) is 0.